The lowest BCUT2D eigenvalue weighted by Crippen LogP contribution is -2.60. The minimum absolute atomic E-state index is 0.0196. The Kier molecular flexibility index (Phi) is 16.7. The van der Waals surface area contributed by atoms with Crippen molar-refractivity contribution in [2.75, 3.05) is 6.54 Å². The number of carboxylic acids is 3. The summed E-state index contributed by atoms with van der Waals surface area (Å²) in [5, 5.41) is 37.1. The molecule has 2 rings (SSSR count). The third-order valence-corrected chi connectivity index (χ3v) is 8.46. The molecule has 1 saturated heterocycles. The van der Waals surface area contributed by atoms with Crippen molar-refractivity contribution in [3.63, 3.8) is 0 Å². The van der Waals surface area contributed by atoms with Gasteiger partial charge in [-0.25, -0.2) is 13.6 Å². The molecule has 1 heterocycles. The Morgan fingerprint density at radius 2 is 1.47 bits per heavy atom. The Hall–Kier alpha value is -5.20. The van der Waals surface area contributed by atoms with Crippen LogP contribution in [-0.2, 0) is 44.8 Å². The molecule has 1 aromatic carbocycles. The molecule has 0 unspecified atom stereocenters. The molecule has 53 heavy (non-hydrogen) atoms. The molecule has 294 valence electrons. The number of nitrogens with two attached hydrogens (primary N) is 1. The first kappa shape index (κ1) is 44.0. The number of amides is 5. The summed E-state index contributed by atoms with van der Waals surface area (Å²) in [6.07, 6.45) is -1.53. The minimum Gasteiger partial charge on any atom is -0.481 e. The molecule has 5 amide bonds. The molecular weight excluding hydrogens is 706 g/mol. The van der Waals surface area contributed by atoms with Gasteiger partial charge < -0.3 is 47.2 Å². The first-order valence-corrected chi connectivity index (χ1v) is 17.1. The second kappa shape index (κ2) is 20.1. The molecule has 1 aliphatic rings. The van der Waals surface area contributed by atoms with Gasteiger partial charge in [-0.3, -0.25) is 33.6 Å². The van der Waals surface area contributed by atoms with Crippen molar-refractivity contribution in [2.24, 2.45) is 17.6 Å². The van der Waals surface area contributed by atoms with Crippen LogP contribution < -0.4 is 27.0 Å². The third-order valence-electron chi connectivity index (χ3n) is 8.46. The molecule has 0 bridgehead atoms. The summed E-state index contributed by atoms with van der Waals surface area (Å²) in [5.74, 6) is -11.6. The topological polar surface area (TPSA) is 275 Å². The maximum Gasteiger partial charge on any atom is 0.326 e. The van der Waals surface area contributed by atoms with E-state index < -0.39 is 114 Å². The number of halogens is 2. The zero-order chi connectivity index (χ0) is 40.2. The Morgan fingerprint density at radius 3 is 2.02 bits per heavy atom. The molecule has 1 fully saturated rings. The second-order valence-electron chi connectivity index (χ2n) is 13.7. The highest BCUT2D eigenvalue weighted by Gasteiger charge is 2.40. The Labute approximate surface area is 304 Å². The fraction of sp³-hybridized carbons (Fsp3) is 0.588. The van der Waals surface area contributed by atoms with E-state index in [2.05, 4.69) is 21.3 Å². The smallest absolute Gasteiger partial charge is 0.326 e. The molecular formula is C34H48F2N6O11. The van der Waals surface area contributed by atoms with Crippen molar-refractivity contribution in [3.8, 4) is 0 Å². The zero-order valence-electron chi connectivity index (χ0n) is 29.9. The van der Waals surface area contributed by atoms with Crippen LogP contribution in [0.15, 0.2) is 18.2 Å². The van der Waals surface area contributed by atoms with Gasteiger partial charge in [0.2, 0.25) is 29.5 Å². The van der Waals surface area contributed by atoms with Crippen LogP contribution in [-0.4, -0.2) is 110 Å². The largest absolute Gasteiger partial charge is 0.481 e. The minimum atomic E-state index is -1.80. The monoisotopic (exact) mass is 754 g/mol. The van der Waals surface area contributed by atoms with Crippen molar-refractivity contribution in [3.05, 3.63) is 35.4 Å². The van der Waals surface area contributed by atoms with Gasteiger partial charge in [-0.05, 0) is 55.2 Å². The number of carbonyl (C=O) groups excluding carboxylic acids is 5. The highest BCUT2D eigenvalue weighted by Crippen LogP contribution is 2.21. The summed E-state index contributed by atoms with van der Waals surface area (Å²) in [6, 6.07) is -5.48. The molecule has 6 atom stereocenters. The predicted molar refractivity (Wildman–Crippen MR) is 182 cm³/mol. The molecule has 19 heteroatoms. The Morgan fingerprint density at radius 1 is 0.830 bits per heavy atom. The molecule has 0 aromatic heterocycles. The van der Waals surface area contributed by atoms with Gasteiger partial charge in [-0.2, -0.15) is 0 Å². The van der Waals surface area contributed by atoms with Crippen LogP contribution >= 0.6 is 0 Å². The van der Waals surface area contributed by atoms with Crippen LogP contribution in [0.3, 0.4) is 0 Å². The van der Waals surface area contributed by atoms with Gasteiger partial charge in [-0.15, -0.1) is 0 Å². The van der Waals surface area contributed by atoms with E-state index in [1.165, 1.54) is 6.07 Å². The highest BCUT2D eigenvalue weighted by atomic mass is 19.2. The average Bonchev–Trinajstić information content (AvgIpc) is 3.56. The maximum atomic E-state index is 14.2. The Bertz CT molecular complexity index is 1540. The van der Waals surface area contributed by atoms with Gasteiger partial charge in [0.25, 0.3) is 0 Å². The van der Waals surface area contributed by atoms with Crippen molar-refractivity contribution in [1.29, 1.82) is 0 Å². The fourth-order valence-corrected chi connectivity index (χ4v) is 5.69. The second-order valence-corrected chi connectivity index (χ2v) is 13.7. The van der Waals surface area contributed by atoms with Gasteiger partial charge >= 0.3 is 17.9 Å². The van der Waals surface area contributed by atoms with Crippen LogP contribution in [0.4, 0.5) is 8.78 Å². The third kappa shape index (κ3) is 13.7. The number of rotatable bonds is 20. The van der Waals surface area contributed by atoms with Crippen molar-refractivity contribution in [1.82, 2.24) is 26.2 Å². The highest BCUT2D eigenvalue weighted by molar-refractivity contribution is 5.97. The number of hydrogen-bond donors (Lipinski definition) is 8. The number of carboxylic acid groups (broad SMARTS) is 3. The van der Waals surface area contributed by atoms with E-state index in [0.29, 0.717) is 0 Å². The van der Waals surface area contributed by atoms with Gasteiger partial charge in [-0.1, -0.05) is 33.8 Å². The van der Waals surface area contributed by atoms with Crippen molar-refractivity contribution in [2.45, 2.75) is 109 Å². The first-order valence-electron chi connectivity index (χ1n) is 17.1. The summed E-state index contributed by atoms with van der Waals surface area (Å²) in [6.45, 7) is 6.71. The molecule has 0 spiro atoms. The van der Waals surface area contributed by atoms with Crippen LogP contribution in [0.1, 0.15) is 71.8 Å². The summed E-state index contributed by atoms with van der Waals surface area (Å²) < 4.78 is 28.0. The number of likely N-dealkylation sites (tertiary alicyclic amines) is 1. The van der Waals surface area contributed by atoms with Crippen molar-refractivity contribution >= 4 is 47.4 Å². The predicted octanol–water partition coefficient (Wildman–Crippen LogP) is -0.109. The van der Waals surface area contributed by atoms with Crippen LogP contribution in [0.25, 0.3) is 0 Å². The lowest BCUT2D eigenvalue weighted by Gasteiger charge is -2.31. The maximum absolute atomic E-state index is 14.2. The lowest BCUT2D eigenvalue weighted by molar-refractivity contribution is -0.148. The Balaban J connectivity index is 2.39. The van der Waals surface area contributed by atoms with E-state index in [9.17, 15) is 52.2 Å². The zero-order valence-corrected chi connectivity index (χ0v) is 29.9. The van der Waals surface area contributed by atoms with Crippen LogP contribution in [0.5, 0.6) is 0 Å². The van der Waals surface area contributed by atoms with Gasteiger partial charge in [0, 0.05) is 19.4 Å². The molecule has 17 nitrogen and oxygen atoms in total. The van der Waals surface area contributed by atoms with E-state index >= 15 is 0 Å². The van der Waals surface area contributed by atoms with E-state index in [0.717, 1.165) is 17.0 Å². The molecule has 1 aromatic rings. The molecule has 0 aliphatic carbocycles. The van der Waals surface area contributed by atoms with Gasteiger partial charge in [0.15, 0.2) is 11.6 Å². The number of nitrogens with one attached hydrogen (secondary N) is 4. The van der Waals surface area contributed by atoms with Crippen LogP contribution in [0, 0.1) is 23.5 Å². The van der Waals surface area contributed by atoms with E-state index in [1.54, 1.807) is 27.7 Å². The number of benzene rings is 1. The summed E-state index contributed by atoms with van der Waals surface area (Å²) in [5.41, 5.74) is 5.89. The molecule has 0 radical (unpaired) electrons. The van der Waals surface area contributed by atoms with Crippen molar-refractivity contribution < 1.29 is 62.5 Å². The molecule has 9 N–H and O–H groups in total. The standard InChI is InChI=1S/C34H48F2N6O11/c1-16(2)12-22(38-32(50)28(17(3)4)41-29(47)21(37)9-10-26(43)44)30(48)39-23(14-18-7-8-19(35)20(36)13-18)33(51)42-11-5-6-25(42)31(49)40-24(34(52)53)15-27(45)46/h7-8,13,16-17,21-25,28H,5-6,9-12,14-15,37H2,1-4H3,(H,38,50)(H,39,48)(H,40,49)(H,41,47)(H,43,44)(H,45,46)(H,52,53)/t21-,22-,23-,24-,25+,28-/m0/s1. The summed E-state index contributed by atoms with van der Waals surface area (Å²) in [4.78, 5) is 102. The molecule has 1 aliphatic heterocycles. The number of hydrogen-bond acceptors (Lipinski definition) is 9. The van der Waals surface area contributed by atoms with E-state index in [1.807, 2.05) is 0 Å². The SMILES string of the molecule is CC(C)C[C@H](NC(=O)[C@@H](NC(=O)[C@@H](N)CCC(=O)O)C(C)C)C(=O)N[C@@H](Cc1ccc(F)c(F)c1)C(=O)N1CCC[C@@H]1C(=O)N[C@@H](CC(=O)O)C(=O)O. The van der Waals surface area contributed by atoms with E-state index in [4.69, 9.17) is 15.9 Å². The number of nitrogens with zero attached hydrogens (tertiary/aromatic N) is 1. The van der Waals surface area contributed by atoms with Crippen LogP contribution in [0.2, 0.25) is 0 Å². The number of carbonyl (C=O) groups is 8. The fourth-order valence-electron chi connectivity index (χ4n) is 5.69. The lowest BCUT2D eigenvalue weighted by atomic mass is 9.98. The molecule has 0 saturated carbocycles. The average molecular weight is 755 g/mol. The normalized spacial score (nSPS) is 16.9. The van der Waals surface area contributed by atoms with E-state index in [-0.39, 0.29) is 50.1 Å². The van der Waals surface area contributed by atoms with Gasteiger partial charge in [0.1, 0.15) is 30.2 Å². The summed E-state index contributed by atoms with van der Waals surface area (Å²) in [7, 11) is 0. The van der Waals surface area contributed by atoms with Gasteiger partial charge in [0.05, 0.1) is 12.5 Å². The number of aliphatic carboxylic acids is 3. The first-order chi connectivity index (χ1) is 24.7. The summed E-state index contributed by atoms with van der Waals surface area (Å²) >= 11 is 0. The quantitative estimate of drug-likeness (QED) is 0.0867.